The van der Waals surface area contributed by atoms with Gasteiger partial charge in [-0.05, 0) is 13.0 Å². The lowest BCUT2D eigenvalue weighted by atomic mass is 10.0. The molecule has 0 heterocycles. The average molecular weight is 263 g/mol. The Kier molecular flexibility index (Phi) is 4.76. The van der Waals surface area contributed by atoms with Crippen molar-refractivity contribution in [2.24, 2.45) is 15.7 Å². The molecule has 1 amide bonds. The van der Waals surface area contributed by atoms with Crippen LogP contribution in [0.15, 0.2) is 34.3 Å². The van der Waals surface area contributed by atoms with Crippen molar-refractivity contribution in [2.45, 2.75) is 6.92 Å². The number of rotatable bonds is 2. The molecule has 1 aromatic rings. The van der Waals surface area contributed by atoms with Gasteiger partial charge < -0.3 is 15.6 Å². The minimum Gasteiger partial charge on any atom is -0.478 e. The van der Waals surface area contributed by atoms with Gasteiger partial charge in [0, 0.05) is 11.3 Å². The monoisotopic (exact) mass is 263 g/mol. The van der Waals surface area contributed by atoms with Crippen LogP contribution >= 0.6 is 0 Å². The zero-order valence-electron chi connectivity index (χ0n) is 10.5. The molecule has 7 heteroatoms. The minimum atomic E-state index is -1.08. The predicted octanol–water partition coefficient (Wildman–Crippen LogP) is 1.27. The molecular formula is C12H13N3O4. The molecule has 0 saturated carbocycles. The Balaban J connectivity index is 3.13. The summed E-state index contributed by atoms with van der Waals surface area (Å²) >= 11 is 0. The molecule has 0 bridgehead atoms. The van der Waals surface area contributed by atoms with E-state index >= 15 is 0 Å². The van der Waals surface area contributed by atoms with Crippen LogP contribution in [0.4, 0.5) is 4.79 Å². The van der Waals surface area contributed by atoms with Crippen LogP contribution < -0.4 is 5.73 Å². The number of nitrogens with zero attached hydrogens (tertiary/aromatic N) is 2. The van der Waals surface area contributed by atoms with Gasteiger partial charge in [-0.15, -0.1) is 4.99 Å². The van der Waals surface area contributed by atoms with Crippen molar-refractivity contribution in [2.75, 3.05) is 7.11 Å². The second-order valence-electron chi connectivity index (χ2n) is 3.49. The van der Waals surface area contributed by atoms with Gasteiger partial charge in [0.2, 0.25) is 5.96 Å². The SMILES string of the molecule is COC(=O)/N=C(N)/N=C(\C)c1ccccc1C(=O)O. The summed E-state index contributed by atoms with van der Waals surface area (Å²) in [5, 5.41) is 9.04. The van der Waals surface area contributed by atoms with Crippen molar-refractivity contribution in [3.8, 4) is 0 Å². The summed E-state index contributed by atoms with van der Waals surface area (Å²) in [7, 11) is 1.16. The highest BCUT2D eigenvalue weighted by Gasteiger charge is 2.11. The van der Waals surface area contributed by atoms with Crippen molar-refractivity contribution in [3.05, 3.63) is 35.4 Å². The van der Waals surface area contributed by atoms with Crippen LogP contribution in [0, 0.1) is 0 Å². The van der Waals surface area contributed by atoms with Crippen molar-refractivity contribution >= 4 is 23.7 Å². The summed E-state index contributed by atoms with van der Waals surface area (Å²) in [4.78, 5) is 29.1. The molecule has 0 radical (unpaired) electrons. The molecule has 1 aromatic carbocycles. The number of carbonyl (C=O) groups excluding carboxylic acids is 1. The molecule has 7 nitrogen and oxygen atoms in total. The van der Waals surface area contributed by atoms with Crippen LogP contribution in [0.3, 0.4) is 0 Å². The Bertz CT molecular complexity index is 564. The third kappa shape index (κ3) is 3.91. The fraction of sp³-hybridized carbons (Fsp3) is 0.167. The highest BCUT2D eigenvalue weighted by molar-refractivity contribution is 6.11. The second-order valence-corrected chi connectivity index (χ2v) is 3.49. The number of guanidine groups is 1. The van der Waals surface area contributed by atoms with Gasteiger partial charge in [0.1, 0.15) is 0 Å². The minimum absolute atomic E-state index is 0.0922. The Morgan fingerprint density at radius 3 is 2.32 bits per heavy atom. The van der Waals surface area contributed by atoms with E-state index in [1.807, 2.05) is 0 Å². The standard InChI is InChI=1S/C12H13N3O4/c1-7(14-11(13)15-12(18)19-2)8-5-3-4-6-9(8)10(16)17/h3-6H,1-2H3,(H,16,17)(H2,13,15,18)/b14-7+. The lowest BCUT2D eigenvalue weighted by Gasteiger charge is -2.04. The maximum absolute atomic E-state index is 11.0. The second kappa shape index (κ2) is 6.29. The number of nitrogens with two attached hydrogens (primary N) is 1. The van der Waals surface area contributed by atoms with Crippen molar-refractivity contribution in [1.29, 1.82) is 0 Å². The molecule has 19 heavy (non-hydrogen) atoms. The van der Waals surface area contributed by atoms with E-state index in [-0.39, 0.29) is 11.5 Å². The van der Waals surface area contributed by atoms with Crippen LogP contribution in [0.25, 0.3) is 0 Å². The third-order valence-corrected chi connectivity index (χ3v) is 2.21. The van der Waals surface area contributed by atoms with Crippen LogP contribution in [0.2, 0.25) is 0 Å². The van der Waals surface area contributed by atoms with E-state index in [0.29, 0.717) is 11.3 Å². The maximum Gasteiger partial charge on any atom is 0.436 e. The molecule has 0 aliphatic heterocycles. The van der Waals surface area contributed by atoms with E-state index in [4.69, 9.17) is 10.8 Å². The quantitative estimate of drug-likeness (QED) is 0.616. The molecule has 0 aromatic heterocycles. The van der Waals surface area contributed by atoms with Gasteiger partial charge in [-0.25, -0.2) is 14.6 Å². The van der Waals surface area contributed by atoms with E-state index in [2.05, 4.69) is 14.7 Å². The summed E-state index contributed by atoms with van der Waals surface area (Å²) in [6, 6.07) is 6.32. The molecule has 0 spiro atoms. The molecule has 1 rings (SSSR count). The van der Waals surface area contributed by atoms with E-state index in [0.717, 1.165) is 7.11 Å². The van der Waals surface area contributed by atoms with Crippen LogP contribution in [0.1, 0.15) is 22.8 Å². The fourth-order valence-electron chi connectivity index (χ4n) is 1.38. The maximum atomic E-state index is 11.0. The highest BCUT2D eigenvalue weighted by atomic mass is 16.5. The van der Waals surface area contributed by atoms with Crippen LogP contribution in [0.5, 0.6) is 0 Å². The van der Waals surface area contributed by atoms with Crippen molar-refractivity contribution < 1.29 is 19.4 Å². The summed E-state index contributed by atoms with van der Waals surface area (Å²) in [5.41, 5.74) is 6.26. The number of carboxylic acids is 1. The molecule has 0 saturated heterocycles. The molecule has 0 aliphatic rings. The number of carboxylic acid groups (broad SMARTS) is 1. The number of ether oxygens (including phenoxy) is 1. The number of amides is 1. The van der Waals surface area contributed by atoms with E-state index in [1.165, 1.54) is 6.07 Å². The number of methoxy groups -OCH3 is 1. The van der Waals surface area contributed by atoms with Gasteiger partial charge in [0.25, 0.3) is 0 Å². The summed E-state index contributed by atoms with van der Waals surface area (Å²) in [6.07, 6.45) is -0.874. The largest absolute Gasteiger partial charge is 0.478 e. The van der Waals surface area contributed by atoms with Gasteiger partial charge in [-0.2, -0.15) is 0 Å². The summed E-state index contributed by atoms with van der Waals surface area (Å²) in [5.74, 6) is -1.38. The first kappa shape index (κ1) is 14.4. The topological polar surface area (TPSA) is 114 Å². The number of aromatic carboxylic acids is 1. The number of carbonyl (C=O) groups is 2. The number of hydrogen-bond donors (Lipinski definition) is 2. The molecule has 0 atom stereocenters. The van der Waals surface area contributed by atoms with Gasteiger partial charge in [-0.1, -0.05) is 18.2 Å². The Labute approximate surface area is 109 Å². The fourth-order valence-corrected chi connectivity index (χ4v) is 1.38. The van der Waals surface area contributed by atoms with E-state index in [9.17, 15) is 9.59 Å². The molecule has 0 unspecified atom stereocenters. The molecule has 0 fully saturated rings. The van der Waals surface area contributed by atoms with Gasteiger partial charge in [-0.3, -0.25) is 0 Å². The normalized spacial score (nSPS) is 12.1. The zero-order chi connectivity index (χ0) is 14.4. The van der Waals surface area contributed by atoms with Crippen LogP contribution in [-0.2, 0) is 4.74 Å². The number of hydrogen-bond acceptors (Lipinski definition) is 3. The van der Waals surface area contributed by atoms with Gasteiger partial charge in [0.15, 0.2) is 0 Å². The summed E-state index contributed by atoms with van der Waals surface area (Å²) < 4.78 is 4.30. The highest BCUT2D eigenvalue weighted by Crippen LogP contribution is 2.10. The first-order valence-electron chi connectivity index (χ1n) is 5.25. The average Bonchev–Trinajstić information content (AvgIpc) is 2.38. The Hall–Kier alpha value is -2.70. The molecule has 3 N–H and O–H groups in total. The number of benzene rings is 1. The van der Waals surface area contributed by atoms with Crippen molar-refractivity contribution in [1.82, 2.24) is 0 Å². The lowest BCUT2D eigenvalue weighted by Crippen LogP contribution is -2.15. The lowest BCUT2D eigenvalue weighted by molar-refractivity contribution is 0.0696. The smallest absolute Gasteiger partial charge is 0.436 e. The number of aliphatic imine (C=N–C) groups is 2. The van der Waals surface area contributed by atoms with E-state index in [1.54, 1.807) is 25.1 Å². The van der Waals surface area contributed by atoms with Crippen molar-refractivity contribution in [3.63, 3.8) is 0 Å². The van der Waals surface area contributed by atoms with Gasteiger partial charge in [0.05, 0.1) is 12.7 Å². The third-order valence-electron chi connectivity index (χ3n) is 2.21. The predicted molar refractivity (Wildman–Crippen MR) is 69.6 cm³/mol. The van der Waals surface area contributed by atoms with E-state index < -0.39 is 12.1 Å². The zero-order valence-corrected chi connectivity index (χ0v) is 10.5. The Morgan fingerprint density at radius 2 is 1.79 bits per heavy atom. The molecular weight excluding hydrogens is 250 g/mol. The molecule has 100 valence electrons. The summed E-state index contributed by atoms with van der Waals surface area (Å²) in [6.45, 7) is 1.57. The molecule has 0 aliphatic carbocycles. The first-order chi connectivity index (χ1) is 8.95. The van der Waals surface area contributed by atoms with Crippen LogP contribution in [-0.4, -0.2) is 36.0 Å². The van der Waals surface area contributed by atoms with Gasteiger partial charge >= 0.3 is 12.1 Å². The Morgan fingerprint density at radius 1 is 1.21 bits per heavy atom. The first-order valence-corrected chi connectivity index (χ1v) is 5.25.